The van der Waals surface area contributed by atoms with Crippen LogP contribution in [0.4, 0.5) is 0 Å². The van der Waals surface area contributed by atoms with E-state index in [2.05, 4.69) is 0 Å². The Morgan fingerprint density at radius 3 is 2.00 bits per heavy atom. The summed E-state index contributed by atoms with van der Waals surface area (Å²) in [6.45, 7) is 0. The first-order valence-electron chi connectivity index (χ1n) is 9.14. The van der Waals surface area contributed by atoms with Gasteiger partial charge in [0.25, 0.3) is 0 Å². The molecule has 0 aromatic heterocycles. The van der Waals surface area contributed by atoms with Crippen LogP contribution in [0.1, 0.15) is 63.4 Å². The van der Waals surface area contributed by atoms with Crippen molar-refractivity contribution >= 4 is 29.2 Å². The predicted octanol–water partition coefficient (Wildman–Crippen LogP) is 6.17. The van der Waals surface area contributed by atoms with Gasteiger partial charge in [-0.05, 0) is 55.2 Å². The summed E-state index contributed by atoms with van der Waals surface area (Å²) in [4.78, 5) is 13.2. The van der Waals surface area contributed by atoms with Crippen LogP contribution in [-0.4, -0.2) is 13.1 Å². The van der Waals surface area contributed by atoms with Gasteiger partial charge >= 0.3 is 5.97 Å². The molecule has 1 atom stereocenters. The van der Waals surface area contributed by atoms with Crippen molar-refractivity contribution in [3.8, 4) is 0 Å². The molecule has 2 aliphatic carbocycles. The Balaban J connectivity index is 2.15. The number of rotatable bonds is 4. The zero-order valence-corrected chi connectivity index (χ0v) is 15.8. The van der Waals surface area contributed by atoms with Crippen molar-refractivity contribution in [2.45, 2.75) is 63.2 Å². The smallest absolute Gasteiger partial charge is 0.316 e. The molecule has 0 spiro atoms. The molecule has 1 unspecified atom stereocenters. The molecule has 0 N–H and O–H groups in total. The van der Waals surface area contributed by atoms with Gasteiger partial charge in [-0.3, -0.25) is 4.79 Å². The van der Waals surface area contributed by atoms with Gasteiger partial charge in [-0.25, -0.2) is 0 Å². The van der Waals surface area contributed by atoms with Crippen molar-refractivity contribution in [2.24, 2.45) is 11.8 Å². The third-order valence-corrected chi connectivity index (χ3v) is 6.91. The Morgan fingerprint density at radius 1 is 0.958 bits per heavy atom. The van der Waals surface area contributed by atoms with Gasteiger partial charge in [0, 0.05) is 0 Å². The molecule has 1 aromatic carbocycles. The molecule has 24 heavy (non-hydrogen) atoms. The monoisotopic (exact) mass is 368 g/mol. The molecular formula is C20H26Cl2O2. The van der Waals surface area contributed by atoms with Crippen molar-refractivity contribution < 1.29 is 9.53 Å². The van der Waals surface area contributed by atoms with Crippen LogP contribution in [0.2, 0.25) is 10.0 Å². The molecule has 0 radical (unpaired) electrons. The number of benzene rings is 1. The fraction of sp³-hybridized carbons (Fsp3) is 0.650. The van der Waals surface area contributed by atoms with Crippen LogP contribution in [0.15, 0.2) is 18.2 Å². The Morgan fingerprint density at radius 2 is 1.50 bits per heavy atom. The summed E-state index contributed by atoms with van der Waals surface area (Å²) >= 11 is 12.5. The molecule has 0 bridgehead atoms. The topological polar surface area (TPSA) is 26.3 Å². The molecule has 4 heteroatoms. The van der Waals surface area contributed by atoms with Crippen LogP contribution in [0.5, 0.6) is 0 Å². The summed E-state index contributed by atoms with van der Waals surface area (Å²) < 4.78 is 5.39. The standard InChI is InChI=1S/C20H26Cl2O2/c1-24-19(23)20(15-9-5-6-10-15,14-7-3-2-4-8-14)16-11-12-17(21)18(22)13-16/h11-15H,2-10H2,1H3. The second-order valence-electron chi connectivity index (χ2n) is 7.31. The highest BCUT2D eigenvalue weighted by atomic mass is 35.5. The van der Waals surface area contributed by atoms with Gasteiger partial charge in [0.1, 0.15) is 0 Å². The average Bonchev–Trinajstić information content (AvgIpc) is 3.14. The summed E-state index contributed by atoms with van der Waals surface area (Å²) in [6, 6.07) is 5.74. The number of ether oxygens (including phenoxy) is 1. The zero-order chi connectivity index (χ0) is 17.2. The largest absolute Gasteiger partial charge is 0.468 e. The highest BCUT2D eigenvalue weighted by Crippen LogP contribution is 2.52. The van der Waals surface area contributed by atoms with Gasteiger partial charge in [0.05, 0.1) is 22.6 Å². The van der Waals surface area contributed by atoms with E-state index >= 15 is 0 Å². The van der Waals surface area contributed by atoms with E-state index in [1.165, 1.54) is 39.2 Å². The average molecular weight is 369 g/mol. The number of hydrogen-bond acceptors (Lipinski definition) is 2. The number of halogens is 2. The summed E-state index contributed by atoms with van der Waals surface area (Å²) in [6.07, 6.45) is 10.4. The quantitative estimate of drug-likeness (QED) is 0.593. The molecular weight excluding hydrogens is 343 g/mol. The van der Waals surface area contributed by atoms with E-state index in [0.29, 0.717) is 21.9 Å². The number of hydrogen-bond donors (Lipinski definition) is 0. The highest BCUT2D eigenvalue weighted by molar-refractivity contribution is 6.42. The normalized spacial score (nSPS) is 22.3. The number of carbonyl (C=O) groups is 1. The second-order valence-corrected chi connectivity index (χ2v) is 8.12. The van der Waals surface area contributed by atoms with Crippen LogP contribution >= 0.6 is 23.2 Å². The molecule has 3 rings (SSSR count). The van der Waals surface area contributed by atoms with Crippen molar-refractivity contribution in [1.82, 2.24) is 0 Å². The summed E-state index contributed by atoms with van der Waals surface area (Å²) in [5, 5.41) is 1.06. The lowest BCUT2D eigenvalue weighted by Gasteiger charge is -2.45. The lowest BCUT2D eigenvalue weighted by molar-refractivity contribution is -0.154. The first-order valence-corrected chi connectivity index (χ1v) is 9.90. The van der Waals surface area contributed by atoms with Crippen molar-refractivity contribution in [1.29, 1.82) is 0 Å². The first kappa shape index (κ1) is 18.1. The van der Waals surface area contributed by atoms with E-state index in [4.69, 9.17) is 27.9 Å². The highest BCUT2D eigenvalue weighted by Gasteiger charge is 2.54. The van der Waals surface area contributed by atoms with Crippen LogP contribution in [0, 0.1) is 11.8 Å². The van der Waals surface area contributed by atoms with Crippen molar-refractivity contribution in [3.63, 3.8) is 0 Å². The molecule has 2 fully saturated rings. The van der Waals surface area contributed by atoms with E-state index in [1.807, 2.05) is 18.2 Å². The van der Waals surface area contributed by atoms with Crippen LogP contribution < -0.4 is 0 Å². The molecule has 0 saturated heterocycles. The van der Waals surface area contributed by atoms with Crippen LogP contribution in [0.25, 0.3) is 0 Å². The minimum absolute atomic E-state index is 0.0836. The SMILES string of the molecule is COC(=O)C(c1ccc(Cl)c(Cl)c1)(C1CCCCC1)C1CCCC1. The van der Waals surface area contributed by atoms with Crippen molar-refractivity contribution in [2.75, 3.05) is 7.11 Å². The number of methoxy groups -OCH3 is 1. The van der Waals surface area contributed by atoms with E-state index in [9.17, 15) is 4.79 Å². The molecule has 2 aliphatic rings. The third-order valence-electron chi connectivity index (χ3n) is 6.17. The molecule has 1 aromatic rings. The first-order chi connectivity index (χ1) is 11.6. The maximum absolute atomic E-state index is 13.2. The Kier molecular flexibility index (Phi) is 5.77. The van der Waals surface area contributed by atoms with Crippen LogP contribution in [0.3, 0.4) is 0 Å². The molecule has 2 saturated carbocycles. The van der Waals surface area contributed by atoms with E-state index in [0.717, 1.165) is 31.2 Å². The number of esters is 1. The van der Waals surface area contributed by atoms with Gasteiger partial charge in [-0.2, -0.15) is 0 Å². The maximum Gasteiger partial charge on any atom is 0.316 e. The molecule has 0 aliphatic heterocycles. The van der Waals surface area contributed by atoms with E-state index in [1.54, 1.807) is 0 Å². The maximum atomic E-state index is 13.2. The van der Waals surface area contributed by atoms with E-state index < -0.39 is 5.41 Å². The van der Waals surface area contributed by atoms with Gasteiger partial charge in [0.15, 0.2) is 0 Å². The van der Waals surface area contributed by atoms with E-state index in [-0.39, 0.29) is 5.97 Å². The predicted molar refractivity (Wildman–Crippen MR) is 98.7 cm³/mol. The minimum atomic E-state index is -0.570. The summed E-state index contributed by atoms with van der Waals surface area (Å²) in [5.41, 5.74) is 0.433. The number of carbonyl (C=O) groups excluding carboxylic acids is 1. The zero-order valence-electron chi connectivity index (χ0n) is 14.3. The lowest BCUT2D eigenvalue weighted by Crippen LogP contribution is -2.50. The molecule has 0 amide bonds. The molecule has 2 nitrogen and oxygen atoms in total. The lowest BCUT2D eigenvalue weighted by atomic mass is 9.58. The van der Waals surface area contributed by atoms with Gasteiger partial charge in [-0.1, -0.05) is 61.4 Å². The minimum Gasteiger partial charge on any atom is -0.468 e. The summed E-state index contributed by atoms with van der Waals surface area (Å²) in [5.74, 6) is 0.587. The Hall–Kier alpha value is -0.730. The van der Waals surface area contributed by atoms with Crippen molar-refractivity contribution in [3.05, 3.63) is 33.8 Å². The van der Waals surface area contributed by atoms with Gasteiger partial charge in [0.2, 0.25) is 0 Å². The van der Waals surface area contributed by atoms with Gasteiger partial charge in [-0.15, -0.1) is 0 Å². The Labute approximate surface area is 154 Å². The summed E-state index contributed by atoms with van der Waals surface area (Å²) in [7, 11) is 1.52. The third kappa shape index (κ3) is 3.08. The van der Waals surface area contributed by atoms with Gasteiger partial charge < -0.3 is 4.74 Å². The second kappa shape index (κ2) is 7.66. The fourth-order valence-corrected chi connectivity index (χ4v) is 5.42. The molecule has 0 heterocycles. The van der Waals surface area contributed by atoms with Crippen LogP contribution in [-0.2, 0) is 14.9 Å². The molecule has 132 valence electrons. The fourth-order valence-electron chi connectivity index (χ4n) is 5.12. The Bertz CT molecular complexity index is 589.